The maximum Gasteiger partial charge on any atom is 0.0434 e. The summed E-state index contributed by atoms with van der Waals surface area (Å²) in [5, 5.41) is 10.2. The Balaban J connectivity index is 1.36. The van der Waals surface area contributed by atoms with Crippen molar-refractivity contribution in [3.05, 3.63) is 188 Å². The van der Waals surface area contributed by atoms with Crippen LogP contribution in [-0.4, -0.2) is 0 Å². The molecule has 0 radical (unpaired) electrons. The van der Waals surface area contributed by atoms with Gasteiger partial charge in [-0.1, -0.05) is 164 Å². The molecule has 10 rings (SSSR count). The highest BCUT2D eigenvalue weighted by Gasteiger charge is 2.23. The molecule has 0 atom stereocenters. The van der Waals surface area contributed by atoms with Gasteiger partial charge >= 0.3 is 0 Å². The zero-order chi connectivity index (χ0) is 33.2. The van der Waals surface area contributed by atoms with E-state index in [1.54, 1.807) is 0 Å². The average molecular weight is 653 g/mol. The monoisotopic (exact) mass is 652 g/mol. The summed E-state index contributed by atoms with van der Waals surface area (Å²) in [5.74, 6) is 0. The number of fused-ring (bicyclic) bond motifs is 10. The summed E-state index contributed by atoms with van der Waals surface area (Å²) in [6, 6.07) is 54.0. The Labute approximate surface area is 295 Å². The second kappa shape index (κ2) is 11.6. The van der Waals surface area contributed by atoms with Crippen LogP contribution in [-0.2, 0) is 6.42 Å². The minimum Gasteiger partial charge on any atom is -0.135 e. The van der Waals surface area contributed by atoms with Gasteiger partial charge in [0, 0.05) is 25.7 Å². The van der Waals surface area contributed by atoms with Crippen LogP contribution in [0, 0.1) is 0 Å². The van der Waals surface area contributed by atoms with Crippen LogP contribution in [0.4, 0.5) is 0 Å². The quantitative estimate of drug-likeness (QED) is 0.163. The molecule has 1 aliphatic rings. The molecular formula is C49H32S. The molecule has 234 valence electrons. The molecule has 50 heavy (non-hydrogen) atoms. The number of allylic oxidation sites excluding steroid dienone is 5. The third kappa shape index (κ3) is 4.37. The standard InChI is InChI=1S/C49H32S/c1-31-16-3-2-4-17-32-18-5-6-19-33(32)43-30-44(34-20-7-8-22-36(34)46(31)43)48-39-25-11-9-23-37(39)47(38-24-10-12-26-40(38)48)42-28-15-27-41-35-21-13-14-29-45(35)50-49(41)42/h2-16,18-30H,1,17H2/b4-2-,16-3-. The van der Waals surface area contributed by atoms with Crippen molar-refractivity contribution in [2.45, 2.75) is 6.42 Å². The lowest BCUT2D eigenvalue weighted by atomic mass is 9.80. The SMILES string of the molecule is C=C1/C=C\C=C/Cc2ccccc2-c2cc(-c3c4ccccc4c(-c4cccc5c4sc4ccccc45)c4ccccc34)c3ccccc3c21. The second-order valence-corrected chi connectivity index (χ2v) is 14.2. The van der Waals surface area contributed by atoms with Crippen molar-refractivity contribution in [3.8, 4) is 33.4 Å². The molecule has 0 fully saturated rings. The van der Waals surface area contributed by atoms with Crippen LogP contribution in [0.15, 0.2) is 176 Å². The lowest BCUT2D eigenvalue weighted by Gasteiger charge is -2.23. The molecule has 0 unspecified atom stereocenters. The van der Waals surface area contributed by atoms with Crippen LogP contribution in [0.3, 0.4) is 0 Å². The molecule has 0 saturated carbocycles. The summed E-state index contributed by atoms with van der Waals surface area (Å²) in [6.07, 6.45) is 9.54. The summed E-state index contributed by atoms with van der Waals surface area (Å²) < 4.78 is 2.67. The van der Waals surface area contributed by atoms with E-state index in [1.165, 1.54) is 97.0 Å². The molecule has 0 aliphatic heterocycles. The highest BCUT2D eigenvalue weighted by molar-refractivity contribution is 7.26. The number of thiophene rings is 1. The molecule has 1 heterocycles. The van der Waals surface area contributed by atoms with E-state index in [1.807, 2.05) is 11.3 Å². The van der Waals surface area contributed by atoms with Crippen LogP contribution < -0.4 is 0 Å². The molecule has 0 amide bonds. The van der Waals surface area contributed by atoms with E-state index in [0.717, 1.165) is 12.0 Å². The van der Waals surface area contributed by atoms with Crippen LogP contribution in [0.5, 0.6) is 0 Å². The highest BCUT2D eigenvalue weighted by atomic mass is 32.1. The van der Waals surface area contributed by atoms with Gasteiger partial charge in [-0.15, -0.1) is 11.3 Å². The normalized spacial score (nSPS) is 14.3. The molecule has 0 spiro atoms. The third-order valence-electron chi connectivity index (χ3n) is 10.4. The summed E-state index contributed by atoms with van der Waals surface area (Å²) >= 11 is 1.90. The topological polar surface area (TPSA) is 0 Å². The van der Waals surface area contributed by atoms with Gasteiger partial charge in [-0.25, -0.2) is 0 Å². The molecule has 1 aliphatic carbocycles. The molecule has 0 bridgehead atoms. The first-order chi connectivity index (χ1) is 24.8. The molecule has 0 N–H and O–H groups in total. The Bertz CT molecular complexity index is 2850. The Morgan fingerprint density at radius 2 is 0.960 bits per heavy atom. The molecule has 1 aromatic heterocycles. The molecule has 8 aromatic carbocycles. The lowest BCUT2D eigenvalue weighted by molar-refractivity contribution is 1.27. The first-order valence-corrected chi connectivity index (χ1v) is 18.1. The molecular weight excluding hydrogens is 621 g/mol. The highest BCUT2D eigenvalue weighted by Crippen LogP contribution is 2.50. The number of rotatable bonds is 2. The van der Waals surface area contributed by atoms with E-state index in [2.05, 4.69) is 176 Å². The maximum atomic E-state index is 4.62. The van der Waals surface area contributed by atoms with E-state index < -0.39 is 0 Å². The summed E-state index contributed by atoms with van der Waals surface area (Å²) in [5.41, 5.74) is 11.1. The first kappa shape index (κ1) is 28.9. The van der Waals surface area contributed by atoms with Crippen molar-refractivity contribution in [2.75, 3.05) is 0 Å². The van der Waals surface area contributed by atoms with Crippen molar-refractivity contribution < 1.29 is 0 Å². The maximum absolute atomic E-state index is 4.62. The minimum atomic E-state index is 0.873. The average Bonchev–Trinajstić information content (AvgIpc) is 3.55. The van der Waals surface area contributed by atoms with Crippen LogP contribution >= 0.6 is 11.3 Å². The van der Waals surface area contributed by atoms with Gasteiger partial charge in [0.1, 0.15) is 0 Å². The first-order valence-electron chi connectivity index (χ1n) is 17.3. The van der Waals surface area contributed by atoms with Crippen LogP contribution in [0.2, 0.25) is 0 Å². The largest absolute Gasteiger partial charge is 0.135 e. The van der Waals surface area contributed by atoms with Gasteiger partial charge in [-0.2, -0.15) is 0 Å². The summed E-state index contributed by atoms with van der Waals surface area (Å²) in [7, 11) is 0. The van der Waals surface area contributed by atoms with Gasteiger partial charge in [0.15, 0.2) is 0 Å². The third-order valence-corrected chi connectivity index (χ3v) is 11.6. The number of benzene rings is 8. The Morgan fingerprint density at radius 1 is 0.420 bits per heavy atom. The van der Waals surface area contributed by atoms with Crippen LogP contribution in [0.25, 0.3) is 91.4 Å². The van der Waals surface area contributed by atoms with Gasteiger partial charge in [0.2, 0.25) is 0 Å². The van der Waals surface area contributed by atoms with Gasteiger partial charge in [-0.3, -0.25) is 0 Å². The molecule has 0 saturated heterocycles. The van der Waals surface area contributed by atoms with E-state index in [4.69, 9.17) is 0 Å². The minimum absolute atomic E-state index is 0.873. The van der Waals surface area contributed by atoms with Crippen molar-refractivity contribution in [1.29, 1.82) is 0 Å². The van der Waals surface area contributed by atoms with Gasteiger partial charge in [0.05, 0.1) is 0 Å². The van der Waals surface area contributed by atoms with Crippen molar-refractivity contribution in [1.82, 2.24) is 0 Å². The Morgan fingerprint density at radius 3 is 1.68 bits per heavy atom. The van der Waals surface area contributed by atoms with E-state index in [9.17, 15) is 0 Å². The van der Waals surface area contributed by atoms with Gasteiger partial charge < -0.3 is 0 Å². The fraction of sp³-hybridized carbons (Fsp3) is 0.0204. The fourth-order valence-electron chi connectivity index (χ4n) is 8.28. The lowest BCUT2D eigenvalue weighted by Crippen LogP contribution is -1.98. The van der Waals surface area contributed by atoms with E-state index in [-0.39, 0.29) is 0 Å². The zero-order valence-corrected chi connectivity index (χ0v) is 28.3. The predicted molar refractivity (Wildman–Crippen MR) is 219 cm³/mol. The second-order valence-electron chi connectivity index (χ2n) is 13.2. The Kier molecular flexibility index (Phi) is 6.69. The molecule has 1 heteroatoms. The van der Waals surface area contributed by atoms with E-state index in [0.29, 0.717) is 0 Å². The van der Waals surface area contributed by atoms with Crippen LogP contribution in [0.1, 0.15) is 11.1 Å². The summed E-state index contributed by atoms with van der Waals surface area (Å²) in [6.45, 7) is 4.62. The summed E-state index contributed by atoms with van der Waals surface area (Å²) in [4.78, 5) is 0. The van der Waals surface area contributed by atoms with Crippen molar-refractivity contribution in [3.63, 3.8) is 0 Å². The Hall–Kier alpha value is -6.02. The van der Waals surface area contributed by atoms with Gasteiger partial charge in [0.25, 0.3) is 0 Å². The van der Waals surface area contributed by atoms with Crippen molar-refractivity contribution >= 4 is 69.4 Å². The van der Waals surface area contributed by atoms with Crippen molar-refractivity contribution in [2.24, 2.45) is 0 Å². The number of hydrogen-bond donors (Lipinski definition) is 0. The van der Waals surface area contributed by atoms with E-state index >= 15 is 0 Å². The predicted octanol–water partition coefficient (Wildman–Crippen LogP) is 14.2. The zero-order valence-electron chi connectivity index (χ0n) is 27.5. The molecule has 0 nitrogen and oxygen atoms in total. The number of hydrogen-bond acceptors (Lipinski definition) is 1. The fourth-order valence-corrected chi connectivity index (χ4v) is 9.51. The molecule has 9 aromatic rings. The smallest absolute Gasteiger partial charge is 0.0434 e. The van der Waals surface area contributed by atoms with Gasteiger partial charge in [-0.05, 0) is 95.4 Å².